The van der Waals surface area contributed by atoms with Gasteiger partial charge in [-0.05, 0) is 19.3 Å². The summed E-state index contributed by atoms with van der Waals surface area (Å²) in [6, 6.07) is 0. The summed E-state index contributed by atoms with van der Waals surface area (Å²) >= 11 is 0. The molecular formula is C14H23N3O3. The van der Waals surface area contributed by atoms with Gasteiger partial charge in [0.05, 0.1) is 19.0 Å². The van der Waals surface area contributed by atoms with Gasteiger partial charge in [0.25, 0.3) is 0 Å². The van der Waals surface area contributed by atoms with E-state index in [4.69, 9.17) is 9.84 Å². The van der Waals surface area contributed by atoms with Crippen molar-refractivity contribution in [3.05, 3.63) is 12.4 Å². The summed E-state index contributed by atoms with van der Waals surface area (Å²) in [5.74, 6) is 0.532. The van der Waals surface area contributed by atoms with Crippen molar-refractivity contribution in [1.29, 1.82) is 0 Å². The first kappa shape index (κ1) is 16.2. The van der Waals surface area contributed by atoms with Gasteiger partial charge in [0.2, 0.25) is 5.88 Å². The van der Waals surface area contributed by atoms with E-state index in [9.17, 15) is 4.79 Å². The quantitative estimate of drug-likeness (QED) is 0.607. The molecule has 0 saturated carbocycles. The highest BCUT2D eigenvalue weighted by Gasteiger charge is 1.99. The van der Waals surface area contributed by atoms with E-state index in [1.807, 2.05) is 6.92 Å². The van der Waals surface area contributed by atoms with Crippen LogP contribution in [0, 0.1) is 0 Å². The first-order chi connectivity index (χ1) is 9.72. The molecule has 6 nitrogen and oxygen atoms in total. The Morgan fingerprint density at radius 1 is 1.30 bits per heavy atom. The van der Waals surface area contributed by atoms with Gasteiger partial charge >= 0.3 is 5.97 Å². The zero-order chi connectivity index (χ0) is 14.6. The average molecular weight is 281 g/mol. The second-order valence-corrected chi connectivity index (χ2v) is 4.58. The first-order valence-electron chi connectivity index (χ1n) is 7.13. The number of hydrogen-bond acceptors (Lipinski definition) is 5. The van der Waals surface area contributed by atoms with Crippen molar-refractivity contribution in [2.24, 2.45) is 0 Å². The van der Waals surface area contributed by atoms with Crippen molar-refractivity contribution >= 4 is 11.8 Å². The number of aliphatic carboxylic acids is 1. The van der Waals surface area contributed by atoms with Crippen LogP contribution in [0.5, 0.6) is 5.88 Å². The number of ether oxygens (including phenoxy) is 1. The minimum atomic E-state index is -0.720. The molecule has 2 N–H and O–H groups in total. The third-order valence-electron chi connectivity index (χ3n) is 2.69. The van der Waals surface area contributed by atoms with E-state index in [0.717, 1.165) is 38.6 Å². The second kappa shape index (κ2) is 10.00. The van der Waals surface area contributed by atoms with Gasteiger partial charge in [-0.1, -0.05) is 19.8 Å². The summed E-state index contributed by atoms with van der Waals surface area (Å²) in [5, 5.41) is 11.7. The molecule has 6 heteroatoms. The molecule has 1 heterocycles. The normalized spacial score (nSPS) is 10.2. The maximum Gasteiger partial charge on any atom is 0.303 e. The summed E-state index contributed by atoms with van der Waals surface area (Å²) < 4.78 is 5.41. The Hall–Kier alpha value is -1.85. The maximum absolute atomic E-state index is 10.3. The number of carbonyl (C=O) groups is 1. The van der Waals surface area contributed by atoms with Gasteiger partial charge in [-0.3, -0.25) is 9.78 Å². The molecule has 0 radical (unpaired) electrons. The summed E-state index contributed by atoms with van der Waals surface area (Å²) in [6.45, 7) is 3.49. The predicted octanol–water partition coefficient (Wildman–Crippen LogP) is 2.71. The van der Waals surface area contributed by atoms with E-state index in [0.29, 0.717) is 18.3 Å². The van der Waals surface area contributed by atoms with Crippen LogP contribution in [-0.2, 0) is 4.79 Å². The molecule has 0 aliphatic rings. The van der Waals surface area contributed by atoms with Crippen molar-refractivity contribution < 1.29 is 14.6 Å². The molecule has 0 spiro atoms. The van der Waals surface area contributed by atoms with E-state index >= 15 is 0 Å². The number of hydrogen-bond donors (Lipinski definition) is 2. The molecule has 0 fully saturated rings. The number of aromatic nitrogens is 2. The van der Waals surface area contributed by atoms with Crippen LogP contribution in [0.1, 0.15) is 45.4 Å². The molecule has 1 aromatic heterocycles. The molecule has 0 unspecified atom stereocenters. The van der Waals surface area contributed by atoms with Gasteiger partial charge in [-0.15, -0.1) is 0 Å². The highest BCUT2D eigenvalue weighted by molar-refractivity contribution is 5.66. The average Bonchev–Trinajstić information content (AvgIpc) is 2.44. The lowest BCUT2D eigenvalue weighted by atomic mass is 10.1. The standard InChI is InChI=1S/C14H23N3O3/c1-2-9-20-13-11-15-10-12(17-13)16-8-6-4-3-5-7-14(18)19/h10-11H,2-9H2,1H3,(H,16,17)(H,18,19). The predicted molar refractivity (Wildman–Crippen MR) is 77.0 cm³/mol. The molecular weight excluding hydrogens is 258 g/mol. The third kappa shape index (κ3) is 7.56. The van der Waals surface area contributed by atoms with Gasteiger partial charge in [-0.2, -0.15) is 4.98 Å². The number of carboxylic acids is 1. The number of nitrogens with zero attached hydrogens (tertiary/aromatic N) is 2. The summed E-state index contributed by atoms with van der Waals surface area (Å²) in [6.07, 6.45) is 8.16. The second-order valence-electron chi connectivity index (χ2n) is 4.58. The molecule has 0 amide bonds. The molecule has 0 aliphatic heterocycles. The van der Waals surface area contributed by atoms with Crippen LogP contribution in [0.25, 0.3) is 0 Å². The number of anilines is 1. The maximum atomic E-state index is 10.3. The fourth-order valence-electron chi connectivity index (χ4n) is 1.68. The fourth-order valence-corrected chi connectivity index (χ4v) is 1.68. The molecule has 0 saturated heterocycles. The van der Waals surface area contributed by atoms with Crippen molar-refractivity contribution in [1.82, 2.24) is 9.97 Å². The van der Waals surface area contributed by atoms with Crippen LogP contribution in [-0.4, -0.2) is 34.2 Å². The van der Waals surface area contributed by atoms with Gasteiger partial charge in [0, 0.05) is 13.0 Å². The number of rotatable bonds is 11. The highest BCUT2D eigenvalue weighted by Crippen LogP contribution is 2.10. The topological polar surface area (TPSA) is 84.3 Å². The van der Waals surface area contributed by atoms with Crippen molar-refractivity contribution in [2.45, 2.75) is 45.4 Å². The van der Waals surface area contributed by atoms with Crippen molar-refractivity contribution in [3.8, 4) is 5.88 Å². The van der Waals surface area contributed by atoms with Gasteiger partial charge in [0.1, 0.15) is 5.82 Å². The van der Waals surface area contributed by atoms with Crippen LogP contribution < -0.4 is 10.1 Å². The molecule has 1 aromatic rings. The van der Waals surface area contributed by atoms with Crippen molar-refractivity contribution in [2.75, 3.05) is 18.5 Å². The molecule has 0 aliphatic carbocycles. The Labute approximate surface area is 119 Å². The van der Waals surface area contributed by atoms with E-state index in [1.54, 1.807) is 12.4 Å². The number of carboxylic acid groups (broad SMARTS) is 1. The summed E-state index contributed by atoms with van der Waals surface area (Å²) in [5.41, 5.74) is 0. The van der Waals surface area contributed by atoms with E-state index in [1.165, 1.54) is 0 Å². The molecule has 112 valence electrons. The van der Waals surface area contributed by atoms with Gasteiger partial charge < -0.3 is 15.2 Å². The Kier molecular flexibility index (Phi) is 8.10. The lowest BCUT2D eigenvalue weighted by Gasteiger charge is -2.07. The largest absolute Gasteiger partial charge is 0.481 e. The monoisotopic (exact) mass is 281 g/mol. The van der Waals surface area contributed by atoms with Crippen LogP contribution in [0.3, 0.4) is 0 Å². The molecule has 0 bridgehead atoms. The van der Waals surface area contributed by atoms with E-state index in [-0.39, 0.29) is 6.42 Å². The van der Waals surface area contributed by atoms with Crippen LogP contribution in [0.15, 0.2) is 12.4 Å². The van der Waals surface area contributed by atoms with Crippen LogP contribution >= 0.6 is 0 Å². The lowest BCUT2D eigenvalue weighted by Crippen LogP contribution is -2.05. The van der Waals surface area contributed by atoms with Crippen molar-refractivity contribution in [3.63, 3.8) is 0 Å². The highest BCUT2D eigenvalue weighted by atomic mass is 16.5. The Balaban J connectivity index is 2.13. The van der Waals surface area contributed by atoms with Gasteiger partial charge in [0.15, 0.2) is 0 Å². The minimum Gasteiger partial charge on any atom is -0.481 e. The fraction of sp³-hybridized carbons (Fsp3) is 0.643. The van der Waals surface area contributed by atoms with E-state index < -0.39 is 5.97 Å². The minimum absolute atomic E-state index is 0.260. The van der Waals surface area contributed by atoms with E-state index in [2.05, 4.69) is 15.3 Å². The Morgan fingerprint density at radius 3 is 2.85 bits per heavy atom. The smallest absolute Gasteiger partial charge is 0.303 e. The lowest BCUT2D eigenvalue weighted by molar-refractivity contribution is -0.137. The SMILES string of the molecule is CCCOc1cncc(NCCCCCCC(=O)O)n1. The van der Waals surface area contributed by atoms with Crippen LogP contribution in [0.4, 0.5) is 5.82 Å². The zero-order valence-electron chi connectivity index (χ0n) is 12.0. The van der Waals surface area contributed by atoms with Gasteiger partial charge in [-0.25, -0.2) is 0 Å². The molecule has 0 aromatic carbocycles. The Bertz CT molecular complexity index is 399. The summed E-state index contributed by atoms with van der Waals surface area (Å²) in [7, 11) is 0. The number of nitrogens with one attached hydrogen (secondary N) is 1. The third-order valence-corrected chi connectivity index (χ3v) is 2.69. The number of unbranched alkanes of at least 4 members (excludes halogenated alkanes) is 3. The molecule has 20 heavy (non-hydrogen) atoms. The first-order valence-corrected chi connectivity index (χ1v) is 7.13. The zero-order valence-corrected chi connectivity index (χ0v) is 12.0. The molecule has 0 atom stereocenters. The summed E-state index contributed by atoms with van der Waals surface area (Å²) in [4.78, 5) is 18.7. The molecule has 1 rings (SSSR count). The Morgan fingerprint density at radius 2 is 2.10 bits per heavy atom. The van der Waals surface area contributed by atoms with Crippen LogP contribution in [0.2, 0.25) is 0 Å².